The number of phenolic OH excluding ortho intramolecular Hbond substituents is 1. The van der Waals surface area contributed by atoms with Crippen LogP contribution in [0, 0.1) is 11.3 Å². The third kappa shape index (κ3) is 4.34. The molecule has 1 aliphatic carbocycles. The first-order chi connectivity index (χ1) is 12.7. The molecule has 2 aromatic rings. The van der Waals surface area contributed by atoms with E-state index in [9.17, 15) is 9.90 Å². The Morgan fingerprint density at radius 3 is 2.46 bits per heavy atom. The molecule has 1 saturated carbocycles. The maximum absolute atomic E-state index is 13.0. The predicted octanol–water partition coefficient (Wildman–Crippen LogP) is 4.63. The van der Waals surface area contributed by atoms with E-state index in [1.807, 2.05) is 17.0 Å². The van der Waals surface area contributed by atoms with Crippen molar-refractivity contribution < 1.29 is 9.90 Å². The van der Waals surface area contributed by atoms with E-state index in [-0.39, 0.29) is 17.8 Å². The summed E-state index contributed by atoms with van der Waals surface area (Å²) in [5.41, 5.74) is 1.96. The number of nitriles is 1. The number of carbonyl (C=O) groups is 1. The second-order valence-corrected chi connectivity index (χ2v) is 6.67. The molecule has 2 aromatic carbocycles. The third-order valence-electron chi connectivity index (χ3n) is 4.87. The lowest BCUT2D eigenvalue weighted by atomic mass is 9.94. The first-order valence-corrected chi connectivity index (χ1v) is 9.02. The summed E-state index contributed by atoms with van der Waals surface area (Å²) in [4.78, 5) is 14.8. The van der Waals surface area contributed by atoms with Crippen LogP contribution >= 0.6 is 0 Å². The predicted molar refractivity (Wildman–Crippen MR) is 101 cm³/mol. The van der Waals surface area contributed by atoms with E-state index in [0.29, 0.717) is 17.8 Å². The zero-order valence-corrected chi connectivity index (χ0v) is 14.7. The van der Waals surface area contributed by atoms with Gasteiger partial charge in [0.15, 0.2) is 0 Å². The molecule has 3 rings (SSSR count). The number of amides is 2. The standard InChI is InChI=1S/C21H23N3O2/c22-14-16-10-12-18(13-11-16)23-21(26)24(19-7-2-1-3-8-19)15-17-6-4-5-9-20(17)25/h4-6,9-13,19,25H,1-3,7-8,15H2,(H,23,26). The Bertz CT molecular complexity index is 790. The number of hydrogen-bond acceptors (Lipinski definition) is 3. The summed E-state index contributed by atoms with van der Waals surface area (Å²) in [6, 6.07) is 16.0. The summed E-state index contributed by atoms with van der Waals surface area (Å²) in [6.07, 6.45) is 5.40. The molecule has 0 aliphatic heterocycles. The second kappa shape index (κ2) is 8.39. The van der Waals surface area contributed by atoms with Gasteiger partial charge in [0.2, 0.25) is 0 Å². The Balaban J connectivity index is 1.78. The van der Waals surface area contributed by atoms with Gasteiger partial charge in [-0.3, -0.25) is 0 Å². The largest absolute Gasteiger partial charge is 0.508 e. The minimum Gasteiger partial charge on any atom is -0.508 e. The van der Waals surface area contributed by atoms with Gasteiger partial charge >= 0.3 is 6.03 Å². The average Bonchev–Trinajstić information content (AvgIpc) is 2.68. The van der Waals surface area contributed by atoms with Crippen molar-refractivity contribution >= 4 is 11.7 Å². The molecule has 2 N–H and O–H groups in total. The number of nitrogens with zero attached hydrogens (tertiary/aromatic N) is 2. The number of urea groups is 1. The molecule has 5 heteroatoms. The Kier molecular flexibility index (Phi) is 5.75. The van der Waals surface area contributed by atoms with Gasteiger partial charge in [0.05, 0.1) is 18.2 Å². The Labute approximate surface area is 153 Å². The van der Waals surface area contributed by atoms with Crippen molar-refractivity contribution in [3.63, 3.8) is 0 Å². The molecular weight excluding hydrogens is 326 g/mol. The van der Waals surface area contributed by atoms with Gasteiger partial charge < -0.3 is 15.3 Å². The van der Waals surface area contributed by atoms with Gasteiger partial charge in [-0.05, 0) is 43.2 Å². The van der Waals surface area contributed by atoms with Crippen molar-refractivity contribution in [1.82, 2.24) is 4.90 Å². The third-order valence-corrected chi connectivity index (χ3v) is 4.87. The zero-order chi connectivity index (χ0) is 18.4. The highest BCUT2D eigenvalue weighted by atomic mass is 16.3. The highest BCUT2D eigenvalue weighted by Crippen LogP contribution is 2.27. The molecule has 0 atom stereocenters. The summed E-state index contributed by atoms with van der Waals surface area (Å²) in [7, 11) is 0. The first-order valence-electron chi connectivity index (χ1n) is 9.02. The van der Waals surface area contributed by atoms with E-state index >= 15 is 0 Å². The number of phenols is 1. The molecule has 0 unspecified atom stereocenters. The number of rotatable bonds is 4. The van der Waals surface area contributed by atoms with Crippen molar-refractivity contribution in [2.75, 3.05) is 5.32 Å². The summed E-state index contributed by atoms with van der Waals surface area (Å²) >= 11 is 0. The fourth-order valence-corrected chi connectivity index (χ4v) is 3.41. The topological polar surface area (TPSA) is 76.4 Å². The van der Waals surface area contributed by atoms with E-state index < -0.39 is 0 Å². The van der Waals surface area contributed by atoms with E-state index in [0.717, 1.165) is 31.2 Å². The quantitative estimate of drug-likeness (QED) is 0.845. The smallest absolute Gasteiger partial charge is 0.322 e. The Morgan fingerprint density at radius 2 is 1.81 bits per heavy atom. The van der Waals surface area contributed by atoms with Gasteiger partial charge in [0, 0.05) is 17.3 Å². The molecule has 0 heterocycles. The lowest BCUT2D eigenvalue weighted by molar-refractivity contribution is 0.162. The first kappa shape index (κ1) is 17.8. The van der Waals surface area contributed by atoms with Gasteiger partial charge in [-0.2, -0.15) is 5.26 Å². The van der Waals surface area contributed by atoms with Crippen molar-refractivity contribution in [3.05, 3.63) is 59.7 Å². The summed E-state index contributed by atoms with van der Waals surface area (Å²) in [6.45, 7) is 0.374. The van der Waals surface area contributed by atoms with Crippen LogP contribution < -0.4 is 5.32 Å². The van der Waals surface area contributed by atoms with E-state index in [4.69, 9.17) is 5.26 Å². The number of aromatic hydroxyl groups is 1. The minimum absolute atomic E-state index is 0.168. The van der Waals surface area contributed by atoms with Crippen LogP contribution in [-0.2, 0) is 6.54 Å². The highest BCUT2D eigenvalue weighted by Gasteiger charge is 2.26. The van der Waals surface area contributed by atoms with Gasteiger partial charge in [0.25, 0.3) is 0 Å². The summed E-state index contributed by atoms with van der Waals surface area (Å²) < 4.78 is 0. The molecule has 134 valence electrons. The van der Waals surface area contributed by atoms with E-state index in [1.165, 1.54) is 6.42 Å². The number of anilines is 1. The number of carbonyl (C=O) groups excluding carboxylic acids is 1. The van der Waals surface area contributed by atoms with Crippen molar-refractivity contribution in [1.29, 1.82) is 5.26 Å². The molecule has 0 radical (unpaired) electrons. The SMILES string of the molecule is N#Cc1ccc(NC(=O)N(Cc2ccccc2O)C2CCCCC2)cc1. The number of para-hydroxylation sites is 1. The lowest BCUT2D eigenvalue weighted by Gasteiger charge is -2.34. The molecule has 1 aliphatic rings. The number of hydrogen-bond donors (Lipinski definition) is 2. The van der Waals surface area contributed by atoms with Crippen molar-refractivity contribution in [3.8, 4) is 11.8 Å². The van der Waals surface area contributed by atoms with Gasteiger partial charge in [-0.15, -0.1) is 0 Å². The maximum Gasteiger partial charge on any atom is 0.322 e. The number of benzene rings is 2. The Hall–Kier alpha value is -3.00. The molecule has 1 fully saturated rings. The fraction of sp³-hybridized carbons (Fsp3) is 0.333. The van der Waals surface area contributed by atoms with Gasteiger partial charge in [-0.25, -0.2) is 4.79 Å². The fourth-order valence-electron chi connectivity index (χ4n) is 3.41. The van der Waals surface area contributed by atoms with Crippen LogP contribution in [0.1, 0.15) is 43.2 Å². The lowest BCUT2D eigenvalue weighted by Crippen LogP contribution is -2.43. The van der Waals surface area contributed by atoms with Crippen molar-refractivity contribution in [2.24, 2.45) is 0 Å². The van der Waals surface area contributed by atoms with Crippen LogP contribution in [0.2, 0.25) is 0 Å². The molecule has 0 aromatic heterocycles. The Morgan fingerprint density at radius 1 is 1.12 bits per heavy atom. The minimum atomic E-state index is -0.176. The maximum atomic E-state index is 13.0. The van der Waals surface area contributed by atoms with E-state index in [2.05, 4.69) is 11.4 Å². The van der Waals surface area contributed by atoms with Crippen LogP contribution in [0.25, 0.3) is 0 Å². The molecule has 0 saturated heterocycles. The zero-order valence-electron chi connectivity index (χ0n) is 14.7. The van der Waals surface area contributed by atoms with Crippen LogP contribution in [0.5, 0.6) is 5.75 Å². The molecule has 0 spiro atoms. The van der Waals surface area contributed by atoms with Crippen molar-refractivity contribution in [2.45, 2.75) is 44.7 Å². The summed E-state index contributed by atoms with van der Waals surface area (Å²) in [5.74, 6) is 0.208. The van der Waals surface area contributed by atoms with Crippen LogP contribution in [0.15, 0.2) is 48.5 Å². The molecule has 26 heavy (non-hydrogen) atoms. The van der Waals surface area contributed by atoms with Crippen LogP contribution in [0.3, 0.4) is 0 Å². The van der Waals surface area contributed by atoms with E-state index in [1.54, 1.807) is 36.4 Å². The van der Waals surface area contributed by atoms with Gasteiger partial charge in [-0.1, -0.05) is 37.5 Å². The summed E-state index contributed by atoms with van der Waals surface area (Å²) in [5, 5.41) is 21.9. The monoisotopic (exact) mass is 349 g/mol. The average molecular weight is 349 g/mol. The molecule has 2 amide bonds. The normalized spacial score (nSPS) is 14.4. The van der Waals surface area contributed by atoms with Crippen LogP contribution in [-0.4, -0.2) is 22.1 Å². The second-order valence-electron chi connectivity index (χ2n) is 6.67. The highest BCUT2D eigenvalue weighted by molar-refractivity contribution is 5.89. The molecular formula is C21H23N3O2. The number of nitrogens with one attached hydrogen (secondary N) is 1. The van der Waals surface area contributed by atoms with Gasteiger partial charge in [0.1, 0.15) is 5.75 Å². The van der Waals surface area contributed by atoms with Crippen LogP contribution in [0.4, 0.5) is 10.5 Å². The molecule has 0 bridgehead atoms. The molecule has 5 nitrogen and oxygen atoms in total.